The molecular weight excluding hydrogens is 570 g/mol. The molecule has 270 valence electrons. The van der Waals surface area contributed by atoms with E-state index in [0.29, 0.717) is 6.42 Å². The lowest BCUT2D eigenvalue weighted by Crippen LogP contribution is -2.45. The molecule has 0 radical (unpaired) electrons. The number of aliphatic hydroxyl groups excluding tert-OH is 3. The number of nitrogens with one attached hydrogen (secondary N) is 1. The predicted octanol–water partition coefficient (Wildman–Crippen LogP) is 10.8. The molecule has 0 aliphatic carbocycles. The largest absolute Gasteiger partial charge is 0.394 e. The number of unbranched alkanes of at least 4 members (excludes halogenated alkanes) is 22. The van der Waals surface area contributed by atoms with E-state index in [-0.39, 0.29) is 18.9 Å². The van der Waals surface area contributed by atoms with Crippen molar-refractivity contribution in [2.75, 3.05) is 6.61 Å². The van der Waals surface area contributed by atoms with E-state index in [1.165, 1.54) is 122 Å². The van der Waals surface area contributed by atoms with Crippen LogP contribution in [-0.2, 0) is 4.79 Å². The van der Waals surface area contributed by atoms with E-state index in [1.54, 1.807) is 6.08 Å². The van der Waals surface area contributed by atoms with Crippen molar-refractivity contribution < 1.29 is 20.1 Å². The number of carbonyl (C=O) groups excluding carboxylic acids is 1. The smallest absolute Gasteiger partial charge is 0.222 e. The SMILES string of the molecule is CCCCCCCCCC/C=C/C(O)C(CO)NC(=O)CC(O)CCCCCCC/C=C\C/C=C\CCCCCCCCCCC. The Morgan fingerprint density at radius 2 is 0.978 bits per heavy atom. The van der Waals surface area contributed by atoms with Crippen LogP contribution in [0.2, 0.25) is 0 Å². The van der Waals surface area contributed by atoms with Crippen LogP contribution < -0.4 is 5.32 Å². The Kier molecular flexibility index (Phi) is 35.3. The van der Waals surface area contributed by atoms with Crippen LogP contribution in [0.4, 0.5) is 0 Å². The molecule has 5 nitrogen and oxygen atoms in total. The average Bonchev–Trinajstić information content (AvgIpc) is 3.05. The Bertz CT molecular complexity index is 719. The number of allylic oxidation sites excluding steroid dienone is 5. The van der Waals surface area contributed by atoms with Gasteiger partial charge in [0.2, 0.25) is 5.91 Å². The molecule has 4 N–H and O–H groups in total. The number of hydrogen-bond donors (Lipinski definition) is 4. The third kappa shape index (κ3) is 32.5. The van der Waals surface area contributed by atoms with Crippen molar-refractivity contribution in [2.45, 2.75) is 212 Å². The summed E-state index contributed by atoms with van der Waals surface area (Å²) in [5, 5.41) is 33.0. The Labute approximate surface area is 285 Å². The molecule has 5 heteroatoms. The summed E-state index contributed by atoms with van der Waals surface area (Å²) in [6, 6.07) is -0.746. The maximum atomic E-state index is 12.4. The van der Waals surface area contributed by atoms with E-state index < -0.39 is 18.2 Å². The fourth-order valence-corrected chi connectivity index (χ4v) is 5.84. The van der Waals surface area contributed by atoms with Crippen molar-refractivity contribution in [1.82, 2.24) is 5.32 Å². The van der Waals surface area contributed by atoms with Gasteiger partial charge in [-0.3, -0.25) is 4.79 Å². The van der Waals surface area contributed by atoms with Crippen LogP contribution >= 0.6 is 0 Å². The Morgan fingerprint density at radius 3 is 1.43 bits per heavy atom. The molecule has 46 heavy (non-hydrogen) atoms. The maximum absolute atomic E-state index is 12.4. The standard InChI is InChI=1S/C41H77NO4/c1-3-5-7-9-11-13-15-16-17-18-19-20-21-22-23-24-25-26-28-30-32-34-38(44)36-41(46)42-39(37-43)40(45)35-33-31-29-27-14-12-10-8-6-4-2/h19-20,22-23,33,35,38-40,43-45H,3-18,21,24-32,34,36-37H2,1-2H3,(H,42,46)/b20-19-,23-22-,35-33+. The van der Waals surface area contributed by atoms with Gasteiger partial charge in [0.05, 0.1) is 31.3 Å². The summed E-state index contributed by atoms with van der Waals surface area (Å²) in [6.07, 6.45) is 44.2. The minimum atomic E-state index is -0.930. The summed E-state index contributed by atoms with van der Waals surface area (Å²) < 4.78 is 0. The zero-order chi connectivity index (χ0) is 33.8. The number of rotatable bonds is 35. The summed E-state index contributed by atoms with van der Waals surface area (Å²) in [4.78, 5) is 12.4. The predicted molar refractivity (Wildman–Crippen MR) is 199 cm³/mol. The second kappa shape index (κ2) is 36.4. The van der Waals surface area contributed by atoms with E-state index in [4.69, 9.17) is 0 Å². The zero-order valence-corrected chi connectivity index (χ0v) is 30.5. The molecule has 0 heterocycles. The molecule has 0 aromatic heterocycles. The fourth-order valence-electron chi connectivity index (χ4n) is 5.84. The van der Waals surface area contributed by atoms with Gasteiger partial charge in [-0.25, -0.2) is 0 Å². The normalized spacial score (nSPS) is 14.1. The van der Waals surface area contributed by atoms with Crippen LogP contribution in [0, 0.1) is 0 Å². The fraction of sp³-hybridized carbons (Fsp3) is 0.829. The minimum absolute atomic E-state index is 0.00360. The summed E-state index contributed by atoms with van der Waals surface area (Å²) in [7, 11) is 0. The number of hydrogen-bond acceptors (Lipinski definition) is 4. The quantitative estimate of drug-likeness (QED) is 0.0407. The molecule has 0 aliphatic heterocycles. The van der Waals surface area contributed by atoms with Crippen LogP contribution in [0.1, 0.15) is 194 Å². The third-order valence-electron chi connectivity index (χ3n) is 8.92. The summed E-state index contributed by atoms with van der Waals surface area (Å²) >= 11 is 0. The van der Waals surface area contributed by atoms with Gasteiger partial charge < -0.3 is 20.6 Å². The van der Waals surface area contributed by atoms with Gasteiger partial charge in [-0.15, -0.1) is 0 Å². The molecule has 0 saturated carbocycles. The molecule has 0 saturated heterocycles. The van der Waals surface area contributed by atoms with Gasteiger partial charge in [0, 0.05) is 0 Å². The van der Waals surface area contributed by atoms with Crippen LogP contribution in [0.15, 0.2) is 36.5 Å². The van der Waals surface area contributed by atoms with Gasteiger partial charge in [0.25, 0.3) is 0 Å². The molecule has 3 atom stereocenters. The van der Waals surface area contributed by atoms with Crippen LogP contribution in [0.25, 0.3) is 0 Å². The number of carbonyl (C=O) groups is 1. The van der Waals surface area contributed by atoms with Crippen LogP contribution in [0.3, 0.4) is 0 Å². The summed E-state index contributed by atoms with van der Waals surface area (Å²) in [6.45, 7) is 4.17. The van der Waals surface area contributed by atoms with Crippen molar-refractivity contribution in [3.8, 4) is 0 Å². The first-order valence-electron chi connectivity index (χ1n) is 19.8. The van der Waals surface area contributed by atoms with E-state index >= 15 is 0 Å². The van der Waals surface area contributed by atoms with Gasteiger partial charge >= 0.3 is 0 Å². The number of aliphatic hydroxyl groups is 3. The molecule has 0 aliphatic rings. The highest BCUT2D eigenvalue weighted by Gasteiger charge is 2.20. The van der Waals surface area contributed by atoms with Crippen molar-refractivity contribution in [1.29, 1.82) is 0 Å². The molecule has 0 fully saturated rings. The first-order chi connectivity index (χ1) is 22.5. The van der Waals surface area contributed by atoms with Gasteiger partial charge in [-0.05, 0) is 51.4 Å². The van der Waals surface area contributed by atoms with E-state index in [9.17, 15) is 20.1 Å². The third-order valence-corrected chi connectivity index (χ3v) is 8.92. The molecule has 0 aromatic carbocycles. The van der Waals surface area contributed by atoms with Crippen molar-refractivity contribution in [3.63, 3.8) is 0 Å². The van der Waals surface area contributed by atoms with Crippen molar-refractivity contribution in [2.24, 2.45) is 0 Å². The zero-order valence-electron chi connectivity index (χ0n) is 30.5. The molecule has 0 rings (SSSR count). The number of amides is 1. The van der Waals surface area contributed by atoms with Gasteiger partial charge in [0.15, 0.2) is 0 Å². The van der Waals surface area contributed by atoms with E-state index in [2.05, 4.69) is 43.5 Å². The van der Waals surface area contributed by atoms with Crippen LogP contribution in [0.5, 0.6) is 0 Å². The van der Waals surface area contributed by atoms with E-state index in [0.717, 1.165) is 44.9 Å². The van der Waals surface area contributed by atoms with Crippen LogP contribution in [-0.4, -0.2) is 46.1 Å². The first kappa shape index (κ1) is 44.6. The Balaban J connectivity index is 3.70. The molecule has 0 spiro atoms. The topological polar surface area (TPSA) is 89.8 Å². The lowest BCUT2D eigenvalue weighted by molar-refractivity contribution is -0.124. The second-order valence-electron chi connectivity index (χ2n) is 13.5. The van der Waals surface area contributed by atoms with Gasteiger partial charge in [0.1, 0.15) is 0 Å². The van der Waals surface area contributed by atoms with Gasteiger partial charge in [-0.2, -0.15) is 0 Å². The summed E-state index contributed by atoms with van der Waals surface area (Å²) in [5.74, 6) is -0.327. The highest BCUT2D eigenvalue weighted by molar-refractivity contribution is 5.76. The highest BCUT2D eigenvalue weighted by atomic mass is 16.3. The molecule has 0 aromatic rings. The minimum Gasteiger partial charge on any atom is -0.394 e. The van der Waals surface area contributed by atoms with Crippen molar-refractivity contribution in [3.05, 3.63) is 36.5 Å². The lowest BCUT2D eigenvalue weighted by atomic mass is 10.0. The van der Waals surface area contributed by atoms with E-state index in [1.807, 2.05) is 6.08 Å². The Hall–Kier alpha value is -1.43. The highest BCUT2D eigenvalue weighted by Crippen LogP contribution is 2.13. The van der Waals surface area contributed by atoms with Gasteiger partial charge in [-0.1, -0.05) is 172 Å². The lowest BCUT2D eigenvalue weighted by Gasteiger charge is -2.21. The average molecular weight is 648 g/mol. The second-order valence-corrected chi connectivity index (χ2v) is 13.5. The maximum Gasteiger partial charge on any atom is 0.222 e. The molecule has 3 unspecified atom stereocenters. The Morgan fingerprint density at radius 1 is 0.565 bits per heavy atom. The molecule has 1 amide bonds. The molecule has 0 bridgehead atoms. The molecular formula is C41H77NO4. The first-order valence-corrected chi connectivity index (χ1v) is 19.8. The van der Waals surface area contributed by atoms with Crippen molar-refractivity contribution >= 4 is 5.91 Å². The summed E-state index contributed by atoms with van der Waals surface area (Å²) in [5.41, 5.74) is 0. The monoisotopic (exact) mass is 648 g/mol.